The van der Waals surface area contributed by atoms with Gasteiger partial charge in [-0.2, -0.15) is 5.26 Å². The summed E-state index contributed by atoms with van der Waals surface area (Å²) < 4.78 is 1.87. The van der Waals surface area contributed by atoms with Gasteiger partial charge in [-0.25, -0.2) is 0 Å². The zero-order valence-corrected chi connectivity index (χ0v) is 10.3. The van der Waals surface area contributed by atoms with Crippen LogP contribution in [0.4, 0.5) is 5.69 Å². The second-order valence-electron chi connectivity index (χ2n) is 4.02. The third-order valence-electron chi connectivity index (χ3n) is 2.76. The van der Waals surface area contributed by atoms with Crippen molar-refractivity contribution in [1.29, 1.82) is 5.26 Å². The quantitative estimate of drug-likeness (QED) is 0.479. The average Bonchev–Trinajstić information content (AvgIpc) is 2.81. The largest absolute Gasteiger partial charge is 0.351 e. The van der Waals surface area contributed by atoms with Gasteiger partial charge in [0.05, 0.1) is 16.6 Å². The van der Waals surface area contributed by atoms with Gasteiger partial charge in [-0.05, 0) is 23.8 Å². The minimum absolute atomic E-state index is 0.0227. The highest BCUT2D eigenvalue weighted by Gasteiger charge is 2.09. The van der Waals surface area contributed by atoms with Crippen LogP contribution < -0.4 is 0 Å². The summed E-state index contributed by atoms with van der Waals surface area (Å²) in [5.41, 5.74) is 1.77. The van der Waals surface area contributed by atoms with Gasteiger partial charge in [0, 0.05) is 31.1 Å². The maximum Gasteiger partial charge on any atom is 0.270 e. The summed E-state index contributed by atoms with van der Waals surface area (Å²) in [4.78, 5) is 10.3. The molecule has 0 aliphatic heterocycles. The lowest BCUT2D eigenvalue weighted by Crippen LogP contribution is -1.91. The van der Waals surface area contributed by atoms with Crippen LogP contribution in [0.25, 0.3) is 11.6 Å². The molecule has 0 saturated heterocycles. The number of aromatic nitrogens is 1. The number of hydrogen-bond acceptors (Lipinski definition) is 3. The van der Waals surface area contributed by atoms with Gasteiger partial charge in [0.15, 0.2) is 0 Å². The number of nitro groups is 1. The van der Waals surface area contributed by atoms with Gasteiger partial charge in [0.25, 0.3) is 5.69 Å². The summed E-state index contributed by atoms with van der Waals surface area (Å²) in [5.74, 6) is 0. The smallest absolute Gasteiger partial charge is 0.270 e. The molecule has 1 aromatic heterocycles. The summed E-state index contributed by atoms with van der Waals surface area (Å²) in [6, 6.07) is 11.9. The number of benzene rings is 1. The zero-order chi connectivity index (χ0) is 13.8. The van der Waals surface area contributed by atoms with E-state index in [2.05, 4.69) is 6.07 Å². The van der Waals surface area contributed by atoms with E-state index in [1.807, 2.05) is 29.9 Å². The van der Waals surface area contributed by atoms with E-state index in [1.54, 1.807) is 18.2 Å². The predicted octanol–water partition coefficient (Wildman–Crippen LogP) is 3.00. The lowest BCUT2D eigenvalue weighted by Gasteiger charge is -2.01. The molecule has 5 heteroatoms. The summed E-state index contributed by atoms with van der Waals surface area (Å²) in [6.07, 6.45) is 3.58. The highest BCUT2D eigenvalue weighted by atomic mass is 16.6. The Morgan fingerprint density at radius 3 is 2.79 bits per heavy atom. The molecule has 0 radical (unpaired) electrons. The molecule has 0 unspecified atom stereocenters. The fraction of sp³-hybridized carbons (Fsp3) is 0.0714. The van der Waals surface area contributed by atoms with Crippen molar-refractivity contribution in [2.24, 2.45) is 7.05 Å². The number of allylic oxidation sites excluding steroid dienone is 1. The lowest BCUT2D eigenvalue weighted by molar-refractivity contribution is -0.384. The minimum Gasteiger partial charge on any atom is -0.351 e. The Morgan fingerprint density at radius 1 is 1.42 bits per heavy atom. The second kappa shape index (κ2) is 5.19. The molecular formula is C14H11N3O2. The second-order valence-corrected chi connectivity index (χ2v) is 4.02. The molecule has 0 atom stereocenters. The molecule has 5 nitrogen and oxygen atoms in total. The summed E-state index contributed by atoms with van der Waals surface area (Å²) >= 11 is 0. The van der Waals surface area contributed by atoms with Crippen molar-refractivity contribution in [3.05, 3.63) is 64.0 Å². The molecule has 1 aromatic carbocycles. The first-order chi connectivity index (χ1) is 9.11. The van der Waals surface area contributed by atoms with Gasteiger partial charge < -0.3 is 4.57 Å². The number of nitriles is 1. The van der Waals surface area contributed by atoms with E-state index in [9.17, 15) is 15.4 Å². The van der Waals surface area contributed by atoms with Gasteiger partial charge in [-0.3, -0.25) is 10.1 Å². The first-order valence-corrected chi connectivity index (χ1v) is 5.60. The van der Waals surface area contributed by atoms with Crippen molar-refractivity contribution >= 4 is 17.3 Å². The number of rotatable bonds is 3. The number of hydrogen-bond donors (Lipinski definition) is 0. The highest BCUT2D eigenvalue weighted by molar-refractivity contribution is 5.89. The molecular weight excluding hydrogens is 242 g/mol. The fourth-order valence-corrected chi connectivity index (χ4v) is 1.74. The van der Waals surface area contributed by atoms with Crippen LogP contribution >= 0.6 is 0 Å². The molecule has 0 saturated carbocycles. The third kappa shape index (κ3) is 2.69. The molecule has 0 fully saturated rings. The van der Waals surface area contributed by atoms with E-state index >= 15 is 0 Å². The van der Waals surface area contributed by atoms with Gasteiger partial charge >= 0.3 is 0 Å². The van der Waals surface area contributed by atoms with Gasteiger partial charge in [-0.1, -0.05) is 12.1 Å². The summed E-state index contributed by atoms with van der Waals surface area (Å²) in [6.45, 7) is 0. The number of aryl methyl sites for hydroxylation is 1. The zero-order valence-electron chi connectivity index (χ0n) is 10.3. The van der Waals surface area contributed by atoms with Gasteiger partial charge in [0.1, 0.15) is 0 Å². The van der Waals surface area contributed by atoms with Crippen LogP contribution in [-0.2, 0) is 7.05 Å². The summed E-state index contributed by atoms with van der Waals surface area (Å²) in [5, 5.41) is 19.9. The number of nitro benzene ring substituents is 1. The van der Waals surface area contributed by atoms with Crippen LogP contribution in [-0.4, -0.2) is 9.49 Å². The Labute approximate surface area is 110 Å². The van der Waals surface area contributed by atoms with E-state index in [4.69, 9.17) is 0 Å². The monoisotopic (exact) mass is 253 g/mol. The number of non-ortho nitro benzene ring substituents is 1. The van der Waals surface area contributed by atoms with E-state index in [-0.39, 0.29) is 5.69 Å². The molecule has 19 heavy (non-hydrogen) atoms. The van der Waals surface area contributed by atoms with Crippen LogP contribution in [0.1, 0.15) is 11.3 Å². The molecule has 94 valence electrons. The first kappa shape index (κ1) is 12.6. The standard InChI is InChI=1S/C14H11N3O2/c1-16-7-3-6-13(16)9-12(10-15)11-4-2-5-14(8-11)17(18)19/h2-9H,1H3. The third-order valence-corrected chi connectivity index (χ3v) is 2.76. The molecule has 1 heterocycles. The Morgan fingerprint density at radius 2 is 2.21 bits per heavy atom. The molecule has 0 aliphatic carbocycles. The lowest BCUT2D eigenvalue weighted by atomic mass is 10.1. The van der Waals surface area contributed by atoms with Crippen LogP contribution in [0.15, 0.2) is 42.6 Å². The van der Waals surface area contributed by atoms with Crippen molar-refractivity contribution in [3.63, 3.8) is 0 Å². The van der Waals surface area contributed by atoms with Crippen LogP contribution in [0.5, 0.6) is 0 Å². The molecule has 0 spiro atoms. The van der Waals surface area contributed by atoms with E-state index in [0.29, 0.717) is 11.1 Å². The number of nitrogens with zero attached hydrogens (tertiary/aromatic N) is 3. The molecule has 0 bridgehead atoms. The predicted molar refractivity (Wildman–Crippen MR) is 72.0 cm³/mol. The van der Waals surface area contributed by atoms with Crippen molar-refractivity contribution in [2.75, 3.05) is 0 Å². The minimum atomic E-state index is -0.471. The van der Waals surface area contributed by atoms with Crippen LogP contribution in [0.3, 0.4) is 0 Å². The SMILES string of the molecule is Cn1cccc1C=C(C#N)c1cccc([N+](=O)[O-])c1. The highest BCUT2D eigenvalue weighted by Crippen LogP contribution is 2.21. The van der Waals surface area contributed by atoms with Gasteiger partial charge in [0.2, 0.25) is 0 Å². The Kier molecular flexibility index (Phi) is 3.44. The Bertz CT molecular complexity index is 693. The molecule has 2 rings (SSSR count). The molecule has 0 aliphatic rings. The van der Waals surface area contributed by atoms with E-state index < -0.39 is 4.92 Å². The van der Waals surface area contributed by atoms with Gasteiger partial charge in [-0.15, -0.1) is 0 Å². The van der Waals surface area contributed by atoms with E-state index in [0.717, 1.165) is 5.69 Å². The Hall–Kier alpha value is -2.87. The maximum absolute atomic E-state index is 10.7. The van der Waals surface area contributed by atoms with Crippen LogP contribution in [0.2, 0.25) is 0 Å². The molecule has 0 amide bonds. The topological polar surface area (TPSA) is 71.9 Å². The van der Waals surface area contributed by atoms with Crippen molar-refractivity contribution in [3.8, 4) is 6.07 Å². The molecule has 2 aromatic rings. The van der Waals surface area contributed by atoms with Crippen molar-refractivity contribution < 1.29 is 4.92 Å². The molecule has 0 N–H and O–H groups in total. The average molecular weight is 253 g/mol. The van der Waals surface area contributed by atoms with E-state index in [1.165, 1.54) is 12.1 Å². The van der Waals surface area contributed by atoms with Crippen molar-refractivity contribution in [1.82, 2.24) is 4.57 Å². The summed E-state index contributed by atoms with van der Waals surface area (Å²) in [7, 11) is 1.87. The Balaban J connectivity index is 2.46. The van der Waals surface area contributed by atoms with Crippen LogP contribution in [0, 0.1) is 21.4 Å². The first-order valence-electron chi connectivity index (χ1n) is 5.60. The fourth-order valence-electron chi connectivity index (χ4n) is 1.74. The van der Waals surface area contributed by atoms with Crippen molar-refractivity contribution in [2.45, 2.75) is 0 Å². The normalized spacial score (nSPS) is 11.1. The maximum atomic E-state index is 10.7.